The van der Waals surface area contributed by atoms with Crippen molar-refractivity contribution in [2.24, 2.45) is 11.8 Å². The van der Waals surface area contributed by atoms with Crippen molar-refractivity contribution in [2.45, 2.75) is 90.3 Å². The number of fused-ring (bicyclic) bond motifs is 2. The molecule has 0 aromatic carbocycles. The van der Waals surface area contributed by atoms with Crippen molar-refractivity contribution in [1.82, 2.24) is 10.2 Å². The summed E-state index contributed by atoms with van der Waals surface area (Å²) in [5.41, 5.74) is 0. The summed E-state index contributed by atoms with van der Waals surface area (Å²) in [5.74, 6) is 1.81. The van der Waals surface area contributed by atoms with Gasteiger partial charge in [-0.05, 0) is 64.0 Å². The molecular formula is C18H36N2. The van der Waals surface area contributed by atoms with E-state index in [4.69, 9.17) is 0 Å². The smallest absolute Gasteiger partial charge is 0.00990 e. The molecule has 4 unspecified atom stereocenters. The lowest BCUT2D eigenvalue weighted by molar-refractivity contribution is 0.105. The maximum Gasteiger partial charge on any atom is 0.00990 e. The molecule has 0 aliphatic carbocycles. The first kappa shape index (κ1) is 16.3. The van der Waals surface area contributed by atoms with Crippen molar-refractivity contribution in [2.75, 3.05) is 13.6 Å². The second-order valence-electron chi connectivity index (χ2n) is 7.47. The minimum atomic E-state index is 0.772. The van der Waals surface area contributed by atoms with Crippen molar-refractivity contribution in [3.63, 3.8) is 0 Å². The Hall–Kier alpha value is -0.0800. The zero-order valence-corrected chi connectivity index (χ0v) is 14.2. The highest BCUT2D eigenvalue weighted by Gasteiger charge is 2.40. The molecule has 2 fully saturated rings. The second kappa shape index (κ2) is 7.79. The highest BCUT2D eigenvalue weighted by atomic mass is 15.2. The van der Waals surface area contributed by atoms with Crippen LogP contribution in [0.2, 0.25) is 0 Å². The van der Waals surface area contributed by atoms with Crippen LogP contribution < -0.4 is 5.32 Å². The molecule has 2 aliphatic heterocycles. The van der Waals surface area contributed by atoms with E-state index in [2.05, 4.69) is 38.0 Å². The average Bonchev–Trinajstić information content (AvgIpc) is 2.66. The van der Waals surface area contributed by atoms with Gasteiger partial charge >= 0.3 is 0 Å². The van der Waals surface area contributed by atoms with E-state index in [-0.39, 0.29) is 0 Å². The van der Waals surface area contributed by atoms with E-state index in [9.17, 15) is 0 Å². The van der Waals surface area contributed by atoms with E-state index in [1.165, 1.54) is 57.9 Å². The van der Waals surface area contributed by atoms with Gasteiger partial charge in [-0.25, -0.2) is 0 Å². The zero-order valence-electron chi connectivity index (χ0n) is 14.2. The quantitative estimate of drug-likeness (QED) is 0.721. The molecule has 0 aromatic rings. The first-order valence-electron chi connectivity index (χ1n) is 9.10. The standard InChI is InChI=1S/C18H36N2/c1-5-7-14(3)11-18(19-10-6-2)15-12-16-8-9-17(13-15)20(16)4/h14-19H,5-13H2,1-4H3. The molecule has 0 aromatic heterocycles. The van der Waals surface area contributed by atoms with Crippen LogP contribution >= 0.6 is 0 Å². The molecule has 2 rings (SSSR count). The molecule has 2 bridgehead atoms. The fourth-order valence-corrected chi connectivity index (χ4v) is 4.60. The number of nitrogens with zero attached hydrogens (tertiary/aromatic N) is 1. The molecule has 1 N–H and O–H groups in total. The van der Waals surface area contributed by atoms with Crippen LogP contribution in [0.3, 0.4) is 0 Å². The first-order chi connectivity index (χ1) is 9.65. The third kappa shape index (κ3) is 3.98. The highest BCUT2D eigenvalue weighted by molar-refractivity contribution is 4.96. The van der Waals surface area contributed by atoms with Gasteiger partial charge in [-0.15, -0.1) is 0 Å². The minimum Gasteiger partial charge on any atom is -0.314 e. The Bertz CT molecular complexity index is 265. The van der Waals surface area contributed by atoms with Crippen molar-refractivity contribution in [3.8, 4) is 0 Å². The van der Waals surface area contributed by atoms with Crippen molar-refractivity contribution < 1.29 is 0 Å². The van der Waals surface area contributed by atoms with Gasteiger partial charge in [0.1, 0.15) is 0 Å². The zero-order chi connectivity index (χ0) is 14.5. The maximum atomic E-state index is 3.89. The average molecular weight is 280 g/mol. The Morgan fingerprint density at radius 3 is 2.30 bits per heavy atom. The van der Waals surface area contributed by atoms with Crippen LogP contribution in [0, 0.1) is 11.8 Å². The number of piperidine rings is 1. The number of hydrogen-bond donors (Lipinski definition) is 1. The molecule has 2 nitrogen and oxygen atoms in total. The Labute approximate surface area is 126 Å². The number of nitrogens with one attached hydrogen (secondary N) is 1. The third-order valence-electron chi connectivity index (χ3n) is 5.80. The van der Waals surface area contributed by atoms with E-state index < -0.39 is 0 Å². The van der Waals surface area contributed by atoms with E-state index in [1.807, 2.05) is 0 Å². The first-order valence-corrected chi connectivity index (χ1v) is 9.10. The molecule has 20 heavy (non-hydrogen) atoms. The van der Waals surface area contributed by atoms with E-state index >= 15 is 0 Å². The summed E-state index contributed by atoms with van der Waals surface area (Å²) in [4.78, 5) is 2.67. The molecule has 2 heterocycles. The molecule has 2 saturated heterocycles. The van der Waals surface area contributed by atoms with Crippen LogP contribution in [0.4, 0.5) is 0 Å². The topological polar surface area (TPSA) is 15.3 Å². The molecule has 0 radical (unpaired) electrons. The third-order valence-corrected chi connectivity index (χ3v) is 5.80. The SMILES string of the molecule is CCCNC(CC(C)CCC)C1CC2CCC(C1)N2C. The Morgan fingerprint density at radius 2 is 1.75 bits per heavy atom. The predicted octanol–water partition coefficient (Wildman–Crippen LogP) is 4.05. The van der Waals surface area contributed by atoms with Gasteiger partial charge in [0.15, 0.2) is 0 Å². The predicted molar refractivity (Wildman–Crippen MR) is 88.1 cm³/mol. The molecule has 0 amide bonds. The van der Waals surface area contributed by atoms with E-state index in [1.54, 1.807) is 0 Å². The summed E-state index contributed by atoms with van der Waals surface area (Å²) < 4.78 is 0. The van der Waals surface area contributed by atoms with Gasteiger partial charge in [0.25, 0.3) is 0 Å². The van der Waals surface area contributed by atoms with Gasteiger partial charge in [0, 0.05) is 18.1 Å². The Morgan fingerprint density at radius 1 is 1.10 bits per heavy atom. The minimum absolute atomic E-state index is 0.772. The summed E-state index contributed by atoms with van der Waals surface area (Å²) in [6.45, 7) is 8.26. The number of rotatable bonds is 8. The van der Waals surface area contributed by atoms with Crippen LogP contribution in [-0.4, -0.2) is 36.6 Å². The van der Waals surface area contributed by atoms with Crippen LogP contribution in [0.5, 0.6) is 0 Å². The Kier molecular flexibility index (Phi) is 6.35. The lowest BCUT2D eigenvalue weighted by Crippen LogP contribution is -2.47. The molecule has 118 valence electrons. The van der Waals surface area contributed by atoms with Gasteiger partial charge in [0.05, 0.1) is 0 Å². The van der Waals surface area contributed by atoms with Gasteiger partial charge < -0.3 is 10.2 Å². The van der Waals surface area contributed by atoms with E-state index in [0.717, 1.165) is 30.0 Å². The van der Waals surface area contributed by atoms with Gasteiger partial charge in [-0.2, -0.15) is 0 Å². The van der Waals surface area contributed by atoms with Crippen molar-refractivity contribution in [1.29, 1.82) is 0 Å². The summed E-state index contributed by atoms with van der Waals surface area (Å²) >= 11 is 0. The lowest BCUT2D eigenvalue weighted by Gasteiger charge is -2.41. The highest BCUT2D eigenvalue weighted by Crippen LogP contribution is 2.39. The summed E-state index contributed by atoms with van der Waals surface area (Å²) in [7, 11) is 2.35. The fourth-order valence-electron chi connectivity index (χ4n) is 4.60. The van der Waals surface area contributed by atoms with Gasteiger partial charge in [-0.3, -0.25) is 0 Å². The van der Waals surface area contributed by atoms with Crippen LogP contribution in [0.25, 0.3) is 0 Å². The van der Waals surface area contributed by atoms with Crippen molar-refractivity contribution >= 4 is 0 Å². The van der Waals surface area contributed by atoms with Gasteiger partial charge in [0.2, 0.25) is 0 Å². The van der Waals surface area contributed by atoms with Crippen LogP contribution in [-0.2, 0) is 0 Å². The van der Waals surface area contributed by atoms with Gasteiger partial charge in [-0.1, -0.05) is 33.6 Å². The second-order valence-corrected chi connectivity index (χ2v) is 7.47. The van der Waals surface area contributed by atoms with Crippen LogP contribution in [0.1, 0.15) is 72.1 Å². The largest absolute Gasteiger partial charge is 0.314 e. The van der Waals surface area contributed by atoms with E-state index in [0.29, 0.717) is 0 Å². The van der Waals surface area contributed by atoms with Crippen LogP contribution in [0.15, 0.2) is 0 Å². The monoisotopic (exact) mass is 280 g/mol. The lowest BCUT2D eigenvalue weighted by atomic mass is 9.81. The summed E-state index contributed by atoms with van der Waals surface area (Å²) in [5, 5.41) is 3.89. The maximum absolute atomic E-state index is 3.89. The molecule has 0 saturated carbocycles. The Balaban J connectivity index is 1.92. The normalized spacial score (nSPS) is 33.3. The molecule has 0 spiro atoms. The molecular weight excluding hydrogens is 244 g/mol. The fraction of sp³-hybridized carbons (Fsp3) is 1.00. The van der Waals surface area contributed by atoms with Crippen molar-refractivity contribution in [3.05, 3.63) is 0 Å². The molecule has 4 atom stereocenters. The summed E-state index contributed by atoms with van der Waals surface area (Å²) in [6, 6.07) is 2.53. The molecule has 2 aliphatic rings. The molecule has 2 heteroatoms. The number of hydrogen-bond acceptors (Lipinski definition) is 2. The summed E-state index contributed by atoms with van der Waals surface area (Å²) in [6.07, 6.45) is 11.1.